The molecule has 0 unspecified atom stereocenters. The highest BCUT2D eigenvalue weighted by molar-refractivity contribution is 7.15. The molecule has 2 aromatic rings. The number of hydrogen-bond acceptors (Lipinski definition) is 3. The molecule has 0 atom stereocenters. The summed E-state index contributed by atoms with van der Waals surface area (Å²) in [6, 6.07) is 6.49. The lowest BCUT2D eigenvalue weighted by molar-refractivity contribution is 0.299. The Morgan fingerprint density at radius 1 is 1.24 bits per heavy atom. The van der Waals surface area contributed by atoms with E-state index in [9.17, 15) is 0 Å². The fourth-order valence-corrected chi connectivity index (χ4v) is 3.12. The quantitative estimate of drug-likeness (QED) is 0.903. The van der Waals surface area contributed by atoms with Gasteiger partial charge in [0.15, 0.2) is 0 Å². The number of aliphatic hydroxyl groups excluding tert-OH is 1. The molecule has 0 aliphatic rings. The molecular weight excluding hydrogens is 230 g/mol. The molecule has 0 bridgehead atoms. The first-order valence-electron chi connectivity index (χ1n) is 5.76. The second-order valence-corrected chi connectivity index (χ2v) is 5.40. The number of hydrogen-bond donors (Lipinski definition) is 1. The van der Waals surface area contributed by atoms with Crippen LogP contribution >= 0.6 is 11.3 Å². The van der Waals surface area contributed by atoms with Crippen LogP contribution in [0.15, 0.2) is 18.2 Å². The predicted octanol–water partition coefficient (Wildman–Crippen LogP) is 3.27. The summed E-state index contributed by atoms with van der Waals surface area (Å²) in [5, 5.41) is 9.96. The Morgan fingerprint density at radius 3 is 2.65 bits per heavy atom. The highest BCUT2D eigenvalue weighted by Gasteiger charge is 2.11. The van der Waals surface area contributed by atoms with Gasteiger partial charge in [0.1, 0.15) is 0 Å². The first-order chi connectivity index (χ1) is 8.11. The maximum absolute atomic E-state index is 8.95. The van der Waals surface area contributed by atoms with Gasteiger partial charge in [0.25, 0.3) is 0 Å². The molecule has 0 saturated heterocycles. The van der Waals surface area contributed by atoms with Gasteiger partial charge in [-0.25, -0.2) is 4.98 Å². The lowest BCUT2D eigenvalue weighted by Gasteiger charge is -2.04. The highest BCUT2D eigenvalue weighted by atomic mass is 32.1. The minimum Gasteiger partial charge on any atom is -0.396 e. The summed E-state index contributed by atoms with van der Waals surface area (Å²) in [5.74, 6) is 0. The van der Waals surface area contributed by atoms with Gasteiger partial charge in [0, 0.05) is 13.0 Å². The largest absolute Gasteiger partial charge is 0.396 e. The Morgan fingerprint density at radius 2 is 2.00 bits per heavy atom. The molecular formula is C14H17NOS. The highest BCUT2D eigenvalue weighted by Crippen LogP contribution is 2.32. The van der Waals surface area contributed by atoms with E-state index in [1.165, 1.54) is 21.6 Å². The molecule has 2 nitrogen and oxygen atoms in total. The number of aryl methyl sites for hydroxylation is 3. The molecule has 0 aliphatic heterocycles. The van der Waals surface area contributed by atoms with E-state index in [4.69, 9.17) is 5.11 Å². The SMILES string of the molecule is Cc1ccc(-c2sc(CCO)nc2C)c(C)c1. The van der Waals surface area contributed by atoms with Gasteiger partial charge in [-0.1, -0.05) is 23.8 Å². The Hall–Kier alpha value is -1.19. The van der Waals surface area contributed by atoms with Crippen molar-refractivity contribution < 1.29 is 5.11 Å². The van der Waals surface area contributed by atoms with Crippen LogP contribution in [0.4, 0.5) is 0 Å². The van der Waals surface area contributed by atoms with Crippen molar-refractivity contribution in [2.24, 2.45) is 0 Å². The summed E-state index contributed by atoms with van der Waals surface area (Å²) in [7, 11) is 0. The molecule has 1 aromatic heterocycles. The number of thiazole rings is 1. The molecule has 0 spiro atoms. The van der Waals surface area contributed by atoms with Crippen molar-refractivity contribution in [3.05, 3.63) is 40.0 Å². The monoisotopic (exact) mass is 247 g/mol. The third kappa shape index (κ3) is 2.56. The van der Waals surface area contributed by atoms with E-state index >= 15 is 0 Å². The third-order valence-electron chi connectivity index (χ3n) is 2.79. The van der Waals surface area contributed by atoms with E-state index in [1.807, 2.05) is 6.92 Å². The van der Waals surface area contributed by atoms with E-state index in [2.05, 4.69) is 37.0 Å². The van der Waals surface area contributed by atoms with E-state index in [1.54, 1.807) is 11.3 Å². The predicted molar refractivity (Wildman–Crippen MR) is 72.6 cm³/mol. The van der Waals surface area contributed by atoms with Gasteiger partial charge in [-0.3, -0.25) is 0 Å². The summed E-state index contributed by atoms with van der Waals surface area (Å²) >= 11 is 1.69. The van der Waals surface area contributed by atoms with E-state index in [-0.39, 0.29) is 6.61 Å². The minimum absolute atomic E-state index is 0.166. The first kappa shape index (κ1) is 12.3. The minimum atomic E-state index is 0.166. The summed E-state index contributed by atoms with van der Waals surface area (Å²) < 4.78 is 0. The van der Waals surface area contributed by atoms with E-state index in [0.29, 0.717) is 6.42 Å². The van der Waals surface area contributed by atoms with Crippen molar-refractivity contribution >= 4 is 11.3 Å². The smallest absolute Gasteiger partial charge is 0.0957 e. The van der Waals surface area contributed by atoms with Crippen LogP contribution in [0.1, 0.15) is 21.8 Å². The van der Waals surface area contributed by atoms with Gasteiger partial charge in [0.05, 0.1) is 15.6 Å². The van der Waals surface area contributed by atoms with Crippen molar-refractivity contribution in [2.75, 3.05) is 6.61 Å². The zero-order valence-electron chi connectivity index (χ0n) is 10.4. The normalized spacial score (nSPS) is 10.8. The molecule has 0 aliphatic carbocycles. The summed E-state index contributed by atoms with van der Waals surface area (Å²) in [6.07, 6.45) is 0.649. The maximum atomic E-state index is 8.95. The molecule has 0 amide bonds. The molecule has 1 heterocycles. The Kier molecular flexibility index (Phi) is 3.60. The second-order valence-electron chi connectivity index (χ2n) is 4.31. The van der Waals surface area contributed by atoms with Crippen LogP contribution < -0.4 is 0 Å². The van der Waals surface area contributed by atoms with Gasteiger partial charge in [0.2, 0.25) is 0 Å². The van der Waals surface area contributed by atoms with Crippen LogP contribution in [0, 0.1) is 20.8 Å². The Balaban J connectivity index is 2.45. The second kappa shape index (κ2) is 4.98. The van der Waals surface area contributed by atoms with Crippen LogP contribution in [0.2, 0.25) is 0 Å². The average Bonchev–Trinajstić information content (AvgIpc) is 2.60. The summed E-state index contributed by atoms with van der Waals surface area (Å²) in [6.45, 7) is 6.44. The van der Waals surface area contributed by atoms with Gasteiger partial charge >= 0.3 is 0 Å². The molecule has 17 heavy (non-hydrogen) atoms. The summed E-state index contributed by atoms with van der Waals surface area (Å²) in [4.78, 5) is 5.73. The molecule has 0 radical (unpaired) electrons. The van der Waals surface area contributed by atoms with Crippen LogP contribution in [0.5, 0.6) is 0 Å². The van der Waals surface area contributed by atoms with Crippen LogP contribution in [-0.2, 0) is 6.42 Å². The average molecular weight is 247 g/mol. The van der Waals surface area contributed by atoms with Crippen molar-refractivity contribution in [3.63, 3.8) is 0 Å². The van der Waals surface area contributed by atoms with Crippen LogP contribution in [0.25, 0.3) is 10.4 Å². The number of aliphatic hydroxyl groups is 1. The van der Waals surface area contributed by atoms with E-state index < -0.39 is 0 Å². The van der Waals surface area contributed by atoms with Gasteiger partial charge in [-0.15, -0.1) is 11.3 Å². The molecule has 0 fully saturated rings. The number of aromatic nitrogens is 1. The van der Waals surface area contributed by atoms with Crippen molar-refractivity contribution in [1.29, 1.82) is 0 Å². The lowest BCUT2D eigenvalue weighted by Crippen LogP contribution is -1.88. The third-order valence-corrected chi connectivity index (χ3v) is 4.04. The Labute approximate surface area is 106 Å². The molecule has 3 heteroatoms. The van der Waals surface area contributed by atoms with Crippen molar-refractivity contribution in [2.45, 2.75) is 27.2 Å². The zero-order chi connectivity index (χ0) is 12.4. The Bertz CT molecular complexity index is 531. The fourth-order valence-electron chi connectivity index (χ4n) is 1.97. The van der Waals surface area contributed by atoms with Gasteiger partial charge < -0.3 is 5.11 Å². The number of benzene rings is 1. The summed E-state index contributed by atoms with van der Waals surface area (Å²) in [5.41, 5.74) is 4.89. The molecule has 1 aromatic carbocycles. The van der Waals surface area contributed by atoms with E-state index in [0.717, 1.165) is 10.7 Å². The molecule has 1 N–H and O–H groups in total. The maximum Gasteiger partial charge on any atom is 0.0957 e. The molecule has 90 valence electrons. The van der Waals surface area contributed by atoms with Crippen LogP contribution in [-0.4, -0.2) is 16.7 Å². The zero-order valence-corrected chi connectivity index (χ0v) is 11.3. The topological polar surface area (TPSA) is 33.1 Å². The standard InChI is InChI=1S/C14H17NOS/c1-9-4-5-12(10(2)8-9)14-11(3)15-13(17-14)6-7-16/h4-5,8,16H,6-7H2,1-3H3. The van der Waals surface area contributed by atoms with Crippen LogP contribution in [0.3, 0.4) is 0 Å². The number of nitrogens with zero attached hydrogens (tertiary/aromatic N) is 1. The molecule has 0 saturated carbocycles. The number of rotatable bonds is 3. The first-order valence-corrected chi connectivity index (χ1v) is 6.58. The molecule has 2 rings (SSSR count). The van der Waals surface area contributed by atoms with Gasteiger partial charge in [-0.2, -0.15) is 0 Å². The van der Waals surface area contributed by atoms with Crippen molar-refractivity contribution in [3.8, 4) is 10.4 Å². The fraction of sp³-hybridized carbons (Fsp3) is 0.357. The lowest BCUT2D eigenvalue weighted by atomic mass is 10.0. The van der Waals surface area contributed by atoms with Gasteiger partial charge in [-0.05, 0) is 31.9 Å². The van der Waals surface area contributed by atoms with Crippen molar-refractivity contribution in [1.82, 2.24) is 4.98 Å².